The van der Waals surface area contributed by atoms with Gasteiger partial charge in [-0.1, -0.05) is 12.1 Å². The minimum Gasteiger partial charge on any atom is -0.495 e. The van der Waals surface area contributed by atoms with Gasteiger partial charge in [0.05, 0.1) is 7.11 Å². The van der Waals surface area contributed by atoms with Crippen molar-refractivity contribution >= 4 is 9.84 Å². The van der Waals surface area contributed by atoms with Crippen molar-refractivity contribution < 1.29 is 13.2 Å². The zero-order valence-corrected chi connectivity index (χ0v) is 9.34. The van der Waals surface area contributed by atoms with Gasteiger partial charge in [-0.2, -0.15) is 0 Å². The van der Waals surface area contributed by atoms with E-state index in [0.717, 1.165) is 0 Å². The van der Waals surface area contributed by atoms with Crippen LogP contribution in [0.4, 0.5) is 0 Å². The van der Waals surface area contributed by atoms with E-state index in [-0.39, 0.29) is 4.90 Å². The van der Waals surface area contributed by atoms with E-state index in [9.17, 15) is 8.42 Å². The molecule has 0 saturated carbocycles. The molecule has 0 bridgehead atoms. The van der Waals surface area contributed by atoms with Crippen molar-refractivity contribution in [3.63, 3.8) is 0 Å². The molecule has 1 rings (SSSR count). The Morgan fingerprint density at radius 3 is 2.67 bits per heavy atom. The van der Waals surface area contributed by atoms with Crippen LogP contribution >= 0.6 is 0 Å². The summed E-state index contributed by atoms with van der Waals surface area (Å²) < 4.78 is 28.5. The summed E-state index contributed by atoms with van der Waals surface area (Å²) in [5.74, 6) is -0.257. The van der Waals surface area contributed by atoms with E-state index < -0.39 is 15.7 Å². The lowest BCUT2D eigenvalue weighted by molar-refractivity contribution is 0.402. The average molecular weight is 225 g/mol. The monoisotopic (exact) mass is 225 g/mol. The lowest BCUT2D eigenvalue weighted by Crippen LogP contribution is -2.07. The standard InChI is InChI=1S/C10H11NO3S/c1-8-5-4-6-9(14-3)10(8)15(12,13)7-11-2/h4-6H,7H2,1,3H3. The van der Waals surface area contributed by atoms with Gasteiger partial charge in [-0.05, 0) is 18.6 Å². The molecule has 0 saturated heterocycles. The second-order valence-corrected chi connectivity index (χ2v) is 4.90. The highest BCUT2D eigenvalue weighted by atomic mass is 32.2. The first kappa shape index (κ1) is 11.5. The third kappa shape index (κ3) is 2.28. The quantitative estimate of drug-likeness (QED) is 0.735. The van der Waals surface area contributed by atoms with Gasteiger partial charge in [0.1, 0.15) is 10.6 Å². The lowest BCUT2D eigenvalue weighted by atomic mass is 10.2. The van der Waals surface area contributed by atoms with E-state index in [4.69, 9.17) is 11.3 Å². The Morgan fingerprint density at radius 1 is 1.47 bits per heavy atom. The Kier molecular flexibility index (Phi) is 3.32. The molecule has 0 radical (unpaired) electrons. The maximum Gasteiger partial charge on any atom is 0.316 e. The fourth-order valence-electron chi connectivity index (χ4n) is 1.33. The van der Waals surface area contributed by atoms with Crippen LogP contribution in [0.3, 0.4) is 0 Å². The molecule has 1 aromatic rings. The summed E-state index contributed by atoms with van der Waals surface area (Å²) in [5, 5.41) is 0. The highest BCUT2D eigenvalue weighted by molar-refractivity contribution is 7.91. The van der Waals surface area contributed by atoms with Crippen LogP contribution in [0, 0.1) is 13.5 Å². The Hall–Kier alpha value is -1.54. The van der Waals surface area contributed by atoms with Crippen molar-refractivity contribution in [1.29, 1.82) is 0 Å². The fraction of sp³-hybridized carbons (Fsp3) is 0.300. The Labute approximate surface area is 89.2 Å². The zero-order chi connectivity index (χ0) is 11.5. The molecular weight excluding hydrogens is 214 g/mol. The van der Waals surface area contributed by atoms with Crippen LogP contribution in [0.15, 0.2) is 23.1 Å². The molecule has 0 N–H and O–H groups in total. The van der Waals surface area contributed by atoms with Gasteiger partial charge in [-0.25, -0.2) is 15.0 Å². The van der Waals surface area contributed by atoms with Gasteiger partial charge in [0.15, 0.2) is 0 Å². The maximum absolute atomic E-state index is 11.7. The molecule has 0 aliphatic carbocycles. The van der Waals surface area contributed by atoms with Crippen LogP contribution in [-0.2, 0) is 9.84 Å². The minimum absolute atomic E-state index is 0.114. The normalized spacial score (nSPS) is 10.7. The van der Waals surface area contributed by atoms with E-state index in [1.807, 2.05) is 0 Å². The largest absolute Gasteiger partial charge is 0.495 e. The first-order valence-electron chi connectivity index (χ1n) is 4.22. The number of rotatable bonds is 3. The lowest BCUT2D eigenvalue weighted by Gasteiger charge is -2.08. The number of hydrogen-bond donors (Lipinski definition) is 0. The summed E-state index contributed by atoms with van der Waals surface area (Å²) in [6, 6.07) is 4.97. The van der Waals surface area contributed by atoms with Crippen molar-refractivity contribution in [3.8, 4) is 5.75 Å². The molecule has 5 heteroatoms. The molecule has 4 nitrogen and oxygen atoms in total. The number of ether oxygens (including phenoxy) is 1. The number of aryl methyl sites for hydroxylation is 1. The van der Waals surface area contributed by atoms with Crippen molar-refractivity contribution in [3.05, 3.63) is 35.2 Å². The van der Waals surface area contributed by atoms with Crippen molar-refractivity contribution in [1.82, 2.24) is 0 Å². The van der Waals surface area contributed by atoms with Crippen LogP contribution in [0.2, 0.25) is 0 Å². The summed E-state index contributed by atoms with van der Waals surface area (Å²) in [7, 11) is -2.15. The van der Waals surface area contributed by atoms with Crippen LogP contribution in [-0.4, -0.2) is 21.4 Å². The Bertz CT molecular complexity index is 500. The van der Waals surface area contributed by atoms with Crippen molar-refractivity contribution in [2.75, 3.05) is 13.0 Å². The van der Waals surface area contributed by atoms with Crippen LogP contribution in [0.25, 0.3) is 4.85 Å². The molecule has 80 valence electrons. The van der Waals surface area contributed by atoms with Gasteiger partial charge in [0, 0.05) is 0 Å². The zero-order valence-electron chi connectivity index (χ0n) is 8.52. The molecule has 0 fully saturated rings. The molecule has 0 amide bonds. The number of methoxy groups -OCH3 is 1. The van der Waals surface area contributed by atoms with Gasteiger partial charge in [-0.3, -0.25) is 4.85 Å². The average Bonchev–Trinajstić information content (AvgIpc) is 2.16. The summed E-state index contributed by atoms with van der Waals surface area (Å²) in [4.78, 5) is 3.02. The fourth-order valence-corrected chi connectivity index (χ4v) is 2.65. The molecule has 0 unspecified atom stereocenters. The van der Waals surface area contributed by atoms with Crippen molar-refractivity contribution in [2.24, 2.45) is 0 Å². The SMILES string of the molecule is [C-]#[N+]CS(=O)(=O)c1c(C)cccc1OC. The summed E-state index contributed by atoms with van der Waals surface area (Å²) >= 11 is 0. The molecule has 0 aliphatic rings. The van der Waals surface area contributed by atoms with E-state index in [2.05, 4.69) is 4.85 Å². The molecule has 1 aromatic carbocycles. The van der Waals surface area contributed by atoms with Gasteiger partial charge in [0.25, 0.3) is 9.84 Å². The van der Waals surface area contributed by atoms with Crippen LogP contribution < -0.4 is 4.74 Å². The molecule has 0 atom stereocenters. The topological polar surface area (TPSA) is 47.7 Å². The number of benzene rings is 1. The van der Waals surface area contributed by atoms with Gasteiger partial charge >= 0.3 is 5.88 Å². The van der Waals surface area contributed by atoms with Gasteiger partial charge in [0.2, 0.25) is 0 Å². The van der Waals surface area contributed by atoms with Crippen LogP contribution in [0.1, 0.15) is 5.56 Å². The Balaban J connectivity index is 3.43. The summed E-state index contributed by atoms with van der Waals surface area (Å²) in [5.41, 5.74) is 0.595. The number of hydrogen-bond acceptors (Lipinski definition) is 3. The predicted octanol–water partition coefficient (Wildman–Crippen LogP) is 1.65. The molecule has 0 spiro atoms. The molecule has 15 heavy (non-hydrogen) atoms. The summed E-state index contributed by atoms with van der Waals surface area (Å²) in [6.07, 6.45) is 0. The highest BCUT2D eigenvalue weighted by Gasteiger charge is 2.24. The van der Waals surface area contributed by atoms with Gasteiger partial charge < -0.3 is 4.74 Å². The number of sulfone groups is 1. The van der Waals surface area contributed by atoms with Crippen LogP contribution in [0.5, 0.6) is 5.75 Å². The Morgan fingerprint density at radius 2 is 2.13 bits per heavy atom. The first-order valence-corrected chi connectivity index (χ1v) is 5.87. The minimum atomic E-state index is -3.56. The molecule has 0 heterocycles. The number of nitrogens with zero attached hydrogens (tertiary/aromatic N) is 1. The first-order chi connectivity index (χ1) is 7.03. The maximum atomic E-state index is 11.7. The molecular formula is C10H11NO3S. The smallest absolute Gasteiger partial charge is 0.316 e. The predicted molar refractivity (Wildman–Crippen MR) is 56.4 cm³/mol. The van der Waals surface area contributed by atoms with E-state index in [1.165, 1.54) is 7.11 Å². The van der Waals surface area contributed by atoms with E-state index in [0.29, 0.717) is 11.3 Å². The van der Waals surface area contributed by atoms with Gasteiger partial charge in [-0.15, -0.1) is 0 Å². The van der Waals surface area contributed by atoms with E-state index in [1.54, 1.807) is 25.1 Å². The summed E-state index contributed by atoms with van der Waals surface area (Å²) in [6.45, 7) is 8.29. The molecule has 0 aromatic heterocycles. The second kappa shape index (κ2) is 4.32. The second-order valence-electron chi connectivity index (χ2n) is 3.01. The van der Waals surface area contributed by atoms with E-state index >= 15 is 0 Å². The molecule has 0 aliphatic heterocycles. The third-order valence-corrected chi connectivity index (χ3v) is 3.56. The highest BCUT2D eigenvalue weighted by Crippen LogP contribution is 2.27. The van der Waals surface area contributed by atoms with Crippen molar-refractivity contribution in [2.45, 2.75) is 11.8 Å². The third-order valence-electron chi connectivity index (χ3n) is 1.94.